The zero-order valence-electron chi connectivity index (χ0n) is 11.3. The number of hydrogen-bond acceptors (Lipinski definition) is 3. The molecule has 1 aliphatic rings. The monoisotopic (exact) mass is 396 g/mol. The lowest BCUT2D eigenvalue weighted by Gasteiger charge is -2.19. The van der Waals surface area contributed by atoms with E-state index in [9.17, 15) is 0 Å². The van der Waals surface area contributed by atoms with Crippen molar-refractivity contribution in [3.63, 3.8) is 0 Å². The Morgan fingerprint density at radius 1 is 1.00 bits per heavy atom. The first-order chi connectivity index (χ1) is 9.38. The van der Waals surface area contributed by atoms with Gasteiger partial charge in [0.2, 0.25) is 0 Å². The minimum absolute atomic E-state index is 0. The van der Waals surface area contributed by atoms with Gasteiger partial charge in [0, 0.05) is 5.69 Å². The van der Waals surface area contributed by atoms with Crippen LogP contribution in [0.15, 0.2) is 65.7 Å². The molecule has 1 aliphatic heterocycles. The van der Waals surface area contributed by atoms with E-state index in [2.05, 4.69) is 59.7 Å². The molecule has 2 aromatic rings. The smallest absolute Gasteiger partial charge is 0.164 e. The fourth-order valence-corrected chi connectivity index (χ4v) is 2.97. The van der Waals surface area contributed by atoms with Crippen LogP contribution < -0.4 is 4.90 Å². The second-order valence-electron chi connectivity index (χ2n) is 4.49. The van der Waals surface area contributed by atoms with Gasteiger partial charge in [-0.2, -0.15) is 0 Å². The fourth-order valence-electron chi connectivity index (χ4n) is 2.34. The molecule has 0 bridgehead atoms. The van der Waals surface area contributed by atoms with Crippen molar-refractivity contribution in [2.75, 3.05) is 17.7 Å². The summed E-state index contributed by atoms with van der Waals surface area (Å²) in [7, 11) is 0. The molecule has 0 saturated heterocycles. The van der Waals surface area contributed by atoms with Crippen LogP contribution in [-0.2, 0) is 0 Å². The fraction of sp³-hybridized carbons (Fsp3) is 0.188. The Bertz CT molecular complexity index is 572. The third-order valence-corrected chi connectivity index (χ3v) is 3.98. The van der Waals surface area contributed by atoms with Crippen LogP contribution in [0.1, 0.15) is 11.6 Å². The number of rotatable bonds is 2. The number of benzene rings is 2. The Morgan fingerprint density at radius 3 is 2.20 bits per heavy atom. The average molecular weight is 396 g/mol. The van der Waals surface area contributed by atoms with Crippen LogP contribution in [0.25, 0.3) is 0 Å². The molecule has 4 heteroatoms. The quantitative estimate of drug-likeness (QED) is 0.691. The Kier molecular flexibility index (Phi) is 5.48. The molecule has 0 aromatic heterocycles. The van der Waals surface area contributed by atoms with Crippen molar-refractivity contribution in [3.05, 3.63) is 66.2 Å². The molecule has 0 amide bonds. The largest absolute Gasteiger partial charge is 0.319 e. The van der Waals surface area contributed by atoms with Gasteiger partial charge >= 0.3 is 0 Å². The van der Waals surface area contributed by atoms with E-state index in [4.69, 9.17) is 4.99 Å². The maximum absolute atomic E-state index is 4.84. The number of para-hydroxylation sites is 1. The predicted molar refractivity (Wildman–Crippen MR) is 99.3 cm³/mol. The van der Waals surface area contributed by atoms with E-state index < -0.39 is 0 Å². The molecule has 0 N–H and O–H groups in total. The Morgan fingerprint density at radius 2 is 1.60 bits per heavy atom. The lowest BCUT2D eigenvalue weighted by molar-refractivity contribution is 0.780. The molecule has 104 valence electrons. The van der Waals surface area contributed by atoms with Crippen LogP contribution in [0.4, 0.5) is 5.69 Å². The van der Waals surface area contributed by atoms with Gasteiger partial charge in [0.1, 0.15) is 0 Å². The topological polar surface area (TPSA) is 15.6 Å². The molecule has 0 radical (unpaired) electrons. The van der Waals surface area contributed by atoms with E-state index in [0.29, 0.717) is 0 Å². The molecular formula is C16H17IN2S. The normalized spacial score (nSPS) is 17.6. The third-order valence-electron chi connectivity index (χ3n) is 3.29. The lowest BCUT2D eigenvalue weighted by Crippen LogP contribution is -2.25. The van der Waals surface area contributed by atoms with Gasteiger partial charge < -0.3 is 4.90 Å². The number of hydrogen-bond donors (Lipinski definition) is 0. The van der Waals surface area contributed by atoms with Crippen molar-refractivity contribution < 1.29 is 0 Å². The Balaban J connectivity index is 0.00000147. The van der Waals surface area contributed by atoms with E-state index in [1.807, 2.05) is 12.1 Å². The molecule has 20 heavy (non-hydrogen) atoms. The van der Waals surface area contributed by atoms with Gasteiger partial charge in [0.25, 0.3) is 0 Å². The molecular weight excluding hydrogens is 379 g/mol. The highest BCUT2D eigenvalue weighted by molar-refractivity contribution is 14.0. The lowest BCUT2D eigenvalue weighted by atomic mass is 10.1. The molecule has 0 aliphatic carbocycles. The highest BCUT2D eigenvalue weighted by Gasteiger charge is 2.26. The summed E-state index contributed by atoms with van der Waals surface area (Å²) in [5.41, 5.74) is 2.50. The van der Waals surface area contributed by atoms with Gasteiger partial charge in [0.15, 0.2) is 5.17 Å². The summed E-state index contributed by atoms with van der Waals surface area (Å²) >= 11 is 1.71. The van der Waals surface area contributed by atoms with Gasteiger partial charge in [-0.3, -0.25) is 4.99 Å². The van der Waals surface area contributed by atoms with Crippen molar-refractivity contribution in [1.82, 2.24) is 0 Å². The highest BCUT2D eigenvalue weighted by Crippen LogP contribution is 2.31. The summed E-state index contributed by atoms with van der Waals surface area (Å²) < 4.78 is 0. The second-order valence-corrected chi connectivity index (χ2v) is 5.26. The van der Waals surface area contributed by atoms with Crippen LogP contribution in [0, 0.1) is 0 Å². The number of nitrogens with zero attached hydrogens (tertiary/aromatic N) is 2. The first-order valence-electron chi connectivity index (χ1n) is 6.38. The van der Waals surface area contributed by atoms with Crippen molar-refractivity contribution in [3.8, 4) is 0 Å². The minimum atomic E-state index is 0. The zero-order valence-corrected chi connectivity index (χ0v) is 14.4. The highest BCUT2D eigenvalue weighted by atomic mass is 127. The zero-order chi connectivity index (χ0) is 13.1. The summed E-state index contributed by atoms with van der Waals surface area (Å²) in [6, 6.07) is 21.2. The maximum Gasteiger partial charge on any atom is 0.164 e. The van der Waals surface area contributed by atoms with Crippen molar-refractivity contribution >= 4 is 46.6 Å². The SMILES string of the molecule is CSC1=NC(c2ccccc2)CN1c1ccccc1.I. The summed E-state index contributed by atoms with van der Waals surface area (Å²) in [4.78, 5) is 7.13. The standard InChI is InChI=1S/C16H16N2S.HI/c1-19-16-17-15(13-8-4-2-5-9-13)12-18(16)14-10-6-3-7-11-14;/h2-11,15H,12H2,1H3;1H. The number of aliphatic imine (C=N–C) groups is 1. The molecule has 1 unspecified atom stereocenters. The molecule has 0 spiro atoms. The van der Waals surface area contributed by atoms with E-state index in [-0.39, 0.29) is 30.0 Å². The first kappa shape index (κ1) is 15.4. The van der Waals surface area contributed by atoms with Crippen LogP contribution in [0.2, 0.25) is 0 Å². The minimum Gasteiger partial charge on any atom is -0.319 e. The van der Waals surface area contributed by atoms with Crippen LogP contribution in [0.5, 0.6) is 0 Å². The molecule has 2 nitrogen and oxygen atoms in total. The van der Waals surface area contributed by atoms with Crippen molar-refractivity contribution in [2.45, 2.75) is 6.04 Å². The van der Waals surface area contributed by atoms with Gasteiger partial charge in [-0.1, -0.05) is 60.3 Å². The molecule has 0 fully saturated rings. The summed E-state index contributed by atoms with van der Waals surface area (Å²) in [5, 5.41) is 1.10. The average Bonchev–Trinajstić information content (AvgIpc) is 2.93. The summed E-state index contributed by atoms with van der Waals surface area (Å²) in [5.74, 6) is 0. The molecule has 0 saturated carbocycles. The molecule has 3 rings (SSSR count). The van der Waals surface area contributed by atoms with E-state index in [1.54, 1.807) is 11.8 Å². The summed E-state index contributed by atoms with van der Waals surface area (Å²) in [6.45, 7) is 0.921. The van der Waals surface area contributed by atoms with E-state index >= 15 is 0 Å². The van der Waals surface area contributed by atoms with Crippen molar-refractivity contribution in [1.29, 1.82) is 0 Å². The molecule has 1 heterocycles. The van der Waals surface area contributed by atoms with Gasteiger partial charge in [-0.15, -0.1) is 24.0 Å². The third kappa shape index (κ3) is 3.17. The number of thioether (sulfide) groups is 1. The van der Waals surface area contributed by atoms with Crippen LogP contribution >= 0.6 is 35.7 Å². The predicted octanol–water partition coefficient (Wildman–Crippen LogP) is 4.58. The Hall–Kier alpha value is -1.01. The van der Waals surface area contributed by atoms with E-state index in [0.717, 1.165) is 11.7 Å². The van der Waals surface area contributed by atoms with Crippen LogP contribution in [-0.4, -0.2) is 18.0 Å². The maximum atomic E-state index is 4.84. The molecule has 2 aromatic carbocycles. The van der Waals surface area contributed by atoms with E-state index in [1.165, 1.54) is 11.3 Å². The Labute approximate surface area is 141 Å². The second kappa shape index (κ2) is 7.13. The number of amidine groups is 1. The van der Waals surface area contributed by atoms with Crippen molar-refractivity contribution in [2.24, 2.45) is 4.99 Å². The summed E-state index contributed by atoms with van der Waals surface area (Å²) in [6.07, 6.45) is 2.09. The van der Waals surface area contributed by atoms with Gasteiger partial charge in [-0.25, -0.2) is 0 Å². The molecule has 1 atom stereocenters. The number of halogens is 1. The first-order valence-corrected chi connectivity index (χ1v) is 7.60. The number of anilines is 1. The van der Waals surface area contributed by atoms with Gasteiger partial charge in [-0.05, 0) is 24.0 Å². The van der Waals surface area contributed by atoms with Gasteiger partial charge in [0.05, 0.1) is 12.6 Å². The van der Waals surface area contributed by atoms with Crippen LogP contribution in [0.3, 0.4) is 0 Å².